The molecule has 0 saturated heterocycles. The standard InChI is InChI=1S/C18H20N2O6S/c1-12-16-11-18(26-3)17(25-2)10-13(16)8-9-19(12)27(23,24)15-6-4-14(5-7-15)20(21)22/h4-7,10-12H,8-9H2,1-3H3/t12-/m0/s1. The van der Waals surface area contributed by atoms with Gasteiger partial charge in [-0.1, -0.05) is 0 Å². The molecule has 0 aliphatic carbocycles. The van der Waals surface area contributed by atoms with Crippen molar-refractivity contribution in [2.45, 2.75) is 24.3 Å². The van der Waals surface area contributed by atoms with Gasteiger partial charge in [0.15, 0.2) is 11.5 Å². The van der Waals surface area contributed by atoms with Gasteiger partial charge in [-0.05, 0) is 48.7 Å². The van der Waals surface area contributed by atoms with Crippen LogP contribution in [0.3, 0.4) is 0 Å². The zero-order chi connectivity index (χ0) is 19.8. The van der Waals surface area contributed by atoms with Gasteiger partial charge in [0.25, 0.3) is 5.69 Å². The smallest absolute Gasteiger partial charge is 0.269 e. The Morgan fingerprint density at radius 1 is 1.11 bits per heavy atom. The molecule has 8 nitrogen and oxygen atoms in total. The van der Waals surface area contributed by atoms with Crippen molar-refractivity contribution in [1.82, 2.24) is 4.31 Å². The van der Waals surface area contributed by atoms with Crippen molar-refractivity contribution in [3.05, 3.63) is 57.6 Å². The van der Waals surface area contributed by atoms with Gasteiger partial charge in [0.05, 0.1) is 24.0 Å². The fraction of sp³-hybridized carbons (Fsp3) is 0.333. The minimum Gasteiger partial charge on any atom is -0.493 e. The molecular weight excluding hydrogens is 372 g/mol. The Morgan fingerprint density at radius 2 is 1.70 bits per heavy atom. The SMILES string of the molecule is COc1cc2c(cc1OC)[C@H](C)N(S(=O)(=O)c1ccc([N+](=O)[O-])cc1)CC2. The van der Waals surface area contributed by atoms with Crippen LogP contribution in [-0.4, -0.2) is 38.4 Å². The number of hydrogen-bond donors (Lipinski definition) is 0. The molecule has 0 radical (unpaired) electrons. The summed E-state index contributed by atoms with van der Waals surface area (Å²) in [6.07, 6.45) is 0.534. The summed E-state index contributed by atoms with van der Waals surface area (Å²) in [6, 6.07) is 8.20. The van der Waals surface area contributed by atoms with Crippen molar-refractivity contribution in [3.8, 4) is 11.5 Å². The van der Waals surface area contributed by atoms with Crippen LogP contribution < -0.4 is 9.47 Å². The lowest BCUT2D eigenvalue weighted by Crippen LogP contribution is -2.38. The van der Waals surface area contributed by atoms with E-state index in [0.717, 1.165) is 11.1 Å². The maximum atomic E-state index is 13.1. The lowest BCUT2D eigenvalue weighted by atomic mass is 9.94. The number of ether oxygens (including phenoxy) is 2. The van der Waals surface area contributed by atoms with Gasteiger partial charge in [0.1, 0.15) is 0 Å². The van der Waals surface area contributed by atoms with Crippen molar-refractivity contribution in [3.63, 3.8) is 0 Å². The lowest BCUT2D eigenvalue weighted by Gasteiger charge is -2.34. The Morgan fingerprint density at radius 3 is 2.26 bits per heavy atom. The van der Waals surface area contributed by atoms with E-state index in [9.17, 15) is 18.5 Å². The van der Waals surface area contributed by atoms with E-state index >= 15 is 0 Å². The van der Waals surface area contributed by atoms with E-state index in [4.69, 9.17) is 9.47 Å². The molecule has 2 aromatic rings. The first kappa shape index (κ1) is 19.1. The van der Waals surface area contributed by atoms with Gasteiger partial charge in [0, 0.05) is 24.7 Å². The van der Waals surface area contributed by atoms with Gasteiger partial charge in [-0.3, -0.25) is 10.1 Å². The topological polar surface area (TPSA) is 99.0 Å². The maximum absolute atomic E-state index is 13.1. The minimum atomic E-state index is -3.79. The van der Waals surface area contributed by atoms with Crippen LogP contribution >= 0.6 is 0 Å². The molecule has 2 aromatic carbocycles. The summed E-state index contributed by atoms with van der Waals surface area (Å²) in [7, 11) is -0.705. The number of nitro benzene ring substituents is 1. The van der Waals surface area contributed by atoms with E-state index in [2.05, 4.69) is 0 Å². The summed E-state index contributed by atoms with van der Waals surface area (Å²) in [5.74, 6) is 1.15. The third-order valence-corrected chi connectivity index (χ3v) is 6.77. The second-order valence-corrected chi connectivity index (χ2v) is 8.09. The molecule has 0 N–H and O–H groups in total. The number of sulfonamides is 1. The van der Waals surface area contributed by atoms with E-state index in [1.807, 2.05) is 13.0 Å². The van der Waals surface area contributed by atoms with Crippen LogP contribution in [0.5, 0.6) is 11.5 Å². The van der Waals surface area contributed by atoms with E-state index in [0.29, 0.717) is 24.5 Å². The molecule has 0 fully saturated rings. The number of methoxy groups -OCH3 is 2. The number of benzene rings is 2. The first-order chi connectivity index (χ1) is 12.8. The third kappa shape index (κ3) is 3.35. The second kappa shape index (κ2) is 7.16. The first-order valence-electron chi connectivity index (χ1n) is 8.30. The van der Waals surface area contributed by atoms with Crippen LogP contribution in [0.4, 0.5) is 5.69 Å². The van der Waals surface area contributed by atoms with Gasteiger partial charge >= 0.3 is 0 Å². The number of rotatable bonds is 5. The highest BCUT2D eigenvalue weighted by Gasteiger charge is 2.35. The molecule has 144 valence electrons. The Balaban J connectivity index is 1.98. The minimum absolute atomic E-state index is 0.0314. The lowest BCUT2D eigenvalue weighted by molar-refractivity contribution is -0.384. The van der Waals surface area contributed by atoms with Crippen molar-refractivity contribution >= 4 is 15.7 Å². The normalized spacial score (nSPS) is 17.2. The fourth-order valence-corrected chi connectivity index (χ4v) is 4.94. The molecule has 1 atom stereocenters. The quantitative estimate of drug-likeness (QED) is 0.573. The third-order valence-electron chi connectivity index (χ3n) is 4.78. The fourth-order valence-electron chi connectivity index (χ4n) is 3.33. The van der Waals surface area contributed by atoms with Crippen LogP contribution in [0.15, 0.2) is 41.3 Å². The number of hydrogen-bond acceptors (Lipinski definition) is 6. The van der Waals surface area contributed by atoms with Gasteiger partial charge in [-0.15, -0.1) is 0 Å². The average Bonchev–Trinajstić information content (AvgIpc) is 2.67. The van der Waals surface area contributed by atoms with Crippen LogP contribution in [0.1, 0.15) is 24.1 Å². The van der Waals surface area contributed by atoms with E-state index < -0.39 is 21.0 Å². The summed E-state index contributed by atoms with van der Waals surface area (Å²) in [4.78, 5) is 10.3. The predicted octanol–water partition coefficient (Wildman–Crippen LogP) is 2.92. The van der Waals surface area contributed by atoms with E-state index in [1.54, 1.807) is 13.2 Å². The van der Waals surface area contributed by atoms with Gasteiger partial charge in [0.2, 0.25) is 10.0 Å². The molecule has 9 heteroatoms. The summed E-state index contributed by atoms with van der Waals surface area (Å²) >= 11 is 0. The molecule has 0 amide bonds. The second-order valence-electron chi connectivity index (χ2n) is 6.20. The Hall–Kier alpha value is -2.65. The largest absolute Gasteiger partial charge is 0.493 e. The zero-order valence-electron chi connectivity index (χ0n) is 15.2. The number of fused-ring (bicyclic) bond motifs is 1. The summed E-state index contributed by atoms with van der Waals surface area (Å²) < 4.78 is 38.2. The van der Waals surface area contributed by atoms with E-state index in [1.165, 1.54) is 35.7 Å². The summed E-state index contributed by atoms with van der Waals surface area (Å²) in [5.41, 5.74) is 1.71. The Kier molecular flexibility index (Phi) is 5.07. The maximum Gasteiger partial charge on any atom is 0.269 e. The first-order valence-corrected chi connectivity index (χ1v) is 9.74. The van der Waals surface area contributed by atoms with Crippen LogP contribution in [0, 0.1) is 10.1 Å². The highest BCUT2D eigenvalue weighted by molar-refractivity contribution is 7.89. The summed E-state index contributed by atoms with van der Waals surface area (Å²) in [5, 5.41) is 10.8. The van der Waals surface area contributed by atoms with Crippen LogP contribution in [0.25, 0.3) is 0 Å². The van der Waals surface area contributed by atoms with Crippen LogP contribution in [0.2, 0.25) is 0 Å². The molecule has 1 aliphatic rings. The van der Waals surface area contributed by atoms with Gasteiger partial charge in [-0.25, -0.2) is 8.42 Å². The zero-order valence-corrected chi connectivity index (χ0v) is 16.0. The van der Waals surface area contributed by atoms with Gasteiger partial charge in [-0.2, -0.15) is 4.31 Å². The molecule has 1 aliphatic heterocycles. The molecule has 27 heavy (non-hydrogen) atoms. The highest BCUT2D eigenvalue weighted by atomic mass is 32.2. The van der Waals surface area contributed by atoms with Gasteiger partial charge < -0.3 is 9.47 Å². The Labute approximate surface area is 157 Å². The molecule has 0 aromatic heterocycles. The number of non-ortho nitro benzene ring substituents is 1. The highest BCUT2D eigenvalue weighted by Crippen LogP contribution is 2.39. The number of nitrogens with zero attached hydrogens (tertiary/aromatic N) is 2. The molecular formula is C18H20N2O6S. The molecule has 0 unspecified atom stereocenters. The molecule has 0 bridgehead atoms. The number of nitro groups is 1. The van der Waals surface area contributed by atoms with Crippen molar-refractivity contribution < 1.29 is 22.8 Å². The van der Waals surface area contributed by atoms with Crippen molar-refractivity contribution in [2.24, 2.45) is 0 Å². The summed E-state index contributed by atoms with van der Waals surface area (Å²) in [6.45, 7) is 2.12. The molecule has 1 heterocycles. The molecule has 3 rings (SSSR count). The van der Waals surface area contributed by atoms with Crippen LogP contribution in [-0.2, 0) is 16.4 Å². The monoisotopic (exact) mass is 392 g/mol. The molecule has 0 spiro atoms. The van der Waals surface area contributed by atoms with E-state index in [-0.39, 0.29) is 10.6 Å². The molecule has 0 saturated carbocycles. The Bertz CT molecular complexity index is 972. The van der Waals surface area contributed by atoms with Crippen molar-refractivity contribution in [1.29, 1.82) is 0 Å². The average molecular weight is 392 g/mol. The van der Waals surface area contributed by atoms with Crippen molar-refractivity contribution in [2.75, 3.05) is 20.8 Å². The predicted molar refractivity (Wildman–Crippen MR) is 98.7 cm³/mol.